The van der Waals surface area contributed by atoms with Crippen LogP contribution in [-0.4, -0.2) is 16.5 Å². The lowest BCUT2D eigenvalue weighted by Gasteiger charge is -2.46. The van der Waals surface area contributed by atoms with Crippen molar-refractivity contribution in [3.05, 3.63) is 36.2 Å². The Morgan fingerprint density at radius 2 is 2.20 bits per heavy atom. The third-order valence-corrected chi connectivity index (χ3v) is 2.26. The summed E-state index contributed by atoms with van der Waals surface area (Å²) in [5.74, 6) is 0.0255. The second-order valence-corrected chi connectivity index (χ2v) is 3.88. The van der Waals surface area contributed by atoms with Crippen LogP contribution in [0.3, 0.4) is 0 Å². The standard InChI is InChI=1S/C11H17N3O/c1-4-6-9(12)7-5-8-14-11(2,3)10(15)13-14/h4-8H,12H2,1-3H3,(H,13,15)/b6-4-,8-5+,9-7+. The van der Waals surface area contributed by atoms with E-state index in [1.165, 1.54) is 0 Å². The molecule has 0 saturated carbocycles. The average molecular weight is 207 g/mol. The summed E-state index contributed by atoms with van der Waals surface area (Å²) in [5.41, 5.74) is 8.52. The third-order valence-electron chi connectivity index (χ3n) is 2.26. The topological polar surface area (TPSA) is 58.4 Å². The molecule has 3 N–H and O–H groups in total. The number of nitrogens with one attached hydrogen (secondary N) is 1. The second kappa shape index (κ2) is 4.21. The van der Waals surface area contributed by atoms with Crippen LogP contribution in [0.15, 0.2) is 36.2 Å². The molecule has 1 saturated heterocycles. The molecule has 0 spiro atoms. The van der Waals surface area contributed by atoms with Crippen molar-refractivity contribution in [1.82, 2.24) is 10.4 Å². The van der Waals surface area contributed by atoms with Gasteiger partial charge in [-0.3, -0.25) is 15.2 Å². The Kier molecular flexibility index (Phi) is 3.19. The van der Waals surface area contributed by atoms with Crippen LogP contribution in [0.5, 0.6) is 0 Å². The summed E-state index contributed by atoms with van der Waals surface area (Å²) in [6.07, 6.45) is 9.05. The number of hydrazine groups is 1. The first kappa shape index (κ1) is 11.4. The van der Waals surface area contributed by atoms with Gasteiger partial charge in [-0.15, -0.1) is 0 Å². The van der Waals surface area contributed by atoms with E-state index in [9.17, 15) is 4.79 Å². The van der Waals surface area contributed by atoms with Gasteiger partial charge in [-0.05, 0) is 39.0 Å². The highest BCUT2D eigenvalue weighted by atomic mass is 16.2. The van der Waals surface area contributed by atoms with E-state index in [-0.39, 0.29) is 5.91 Å². The fraction of sp³-hybridized carbons (Fsp3) is 0.364. The largest absolute Gasteiger partial charge is 0.399 e. The van der Waals surface area contributed by atoms with Crippen molar-refractivity contribution in [3.63, 3.8) is 0 Å². The predicted molar refractivity (Wildman–Crippen MR) is 60.3 cm³/mol. The van der Waals surface area contributed by atoms with Crippen molar-refractivity contribution in [3.8, 4) is 0 Å². The number of hydrogen-bond donors (Lipinski definition) is 2. The minimum atomic E-state index is -0.459. The zero-order valence-electron chi connectivity index (χ0n) is 9.32. The Morgan fingerprint density at radius 3 is 2.67 bits per heavy atom. The van der Waals surface area contributed by atoms with Crippen LogP contribution in [0.1, 0.15) is 20.8 Å². The van der Waals surface area contributed by atoms with Crippen LogP contribution in [0.2, 0.25) is 0 Å². The quantitative estimate of drug-likeness (QED) is 0.680. The van der Waals surface area contributed by atoms with Crippen molar-refractivity contribution < 1.29 is 4.79 Å². The smallest absolute Gasteiger partial charge is 0.265 e. The normalized spacial score (nSPS) is 20.9. The zero-order chi connectivity index (χ0) is 11.5. The van der Waals surface area contributed by atoms with E-state index < -0.39 is 5.54 Å². The van der Waals surface area contributed by atoms with Gasteiger partial charge >= 0.3 is 0 Å². The maximum atomic E-state index is 11.1. The highest BCUT2D eigenvalue weighted by molar-refractivity contribution is 5.90. The molecule has 4 nitrogen and oxygen atoms in total. The highest BCUT2D eigenvalue weighted by Crippen LogP contribution is 2.21. The number of carbonyl (C=O) groups excluding carboxylic acids is 1. The van der Waals surface area contributed by atoms with Gasteiger partial charge in [0, 0.05) is 11.9 Å². The van der Waals surface area contributed by atoms with Gasteiger partial charge in [0.15, 0.2) is 0 Å². The molecule has 1 fully saturated rings. The summed E-state index contributed by atoms with van der Waals surface area (Å²) in [6, 6.07) is 0. The molecular weight excluding hydrogens is 190 g/mol. The molecule has 15 heavy (non-hydrogen) atoms. The lowest BCUT2D eigenvalue weighted by Crippen LogP contribution is -2.70. The fourth-order valence-corrected chi connectivity index (χ4v) is 1.15. The van der Waals surface area contributed by atoms with Gasteiger partial charge in [-0.1, -0.05) is 6.08 Å². The van der Waals surface area contributed by atoms with Crippen molar-refractivity contribution in [1.29, 1.82) is 0 Å². The lowest BCUT2D eigenvalue weighted by molar-refractivity contribution is -0.153. The molecular formula is C11H17N3O. The molecule has 0 radical (unpaired) electrons. The average Bonchev–Trinajstić information content (AvgIpc) is 2.17. The first-order valence-corrected chi connectivity index (χ1v) is 4.85. The van der Waals surface area contributed by atoms with Crippen LogP contribution in [-0.2, 0) is 4.79 Å². The van der Waals surface area contributed by atoms with Gasteiger partial charge in [0.05, 0.1) is 0 Å². The van der Waals surface area contributed by atoms with Crippen LogP contribution >= 0.6 is 0 Å². The van der Waals surface area contributed by atoms with Gasteiger partial charge in [0.1, 0.15) is 5.54 Å². The summed E-state index contributed by atoms with van der Waals surface area (Å²) in [4.78, 5) is 11.1. The maximum absolute atomic E-state index is 11.1. The highest BCUT2D eigenvalue weighted by Gasteiger charge is 2.43. The summed E-state index contributed by atoms with van der Waals surface area (Å²) >= 11 is 0. The van der Waals surface area contributed by atoms with Crippen LogP contribution in [0.4, 0.5) is 0 Å². The van der Waals surface area contributed by atoms with Gasteiger partial charge in [0.2, 0.25) is 0 Å². The molecule has 1 amide bonds. The zero-order valence-corrected chi connectivity index (χ0v) is 9.32. The second-order valence-electron chi connectivity index (χ2n) is 3.88. The van der Waals surface area contributed by atoms with E-state index in [0.717, 1.165) is 0 Å². The van der Waals surface area contributed by atoms with E-state index >= 15 is 0 Å². The molecule has 0 aliphatic carbocycles. The molecule has 1 aliphatic rings. The van der Waals surface area contributed by atoms with Crippen LogP contribution in [0, 0.1) is 0 Å². The summed E-state index contributed by atoms with van der Waals surface area (Å²) < 4.78 is 0. The van der Waals surface area contributed by atoms with E-state index in [0.29, 0.717) is 5.70 Å². The van der Waals surface area contributed by atoms with E-state index in [1.807, 2.05) is 32.9 Å². The molecule has 4 heteroatoms. The number of amides is 1. The SMILES string of the molecule is C\C=C/C(N)=C\C=C\N1NC(=O)C1(C)C. The predicted octanol–water partition coefficient (Wildman–Crippen LogP) is 1.04. The Bertz CT molecular complexity index is 340. The third kappa shape index (κ3) is 2.40. The van der Waals surface area contributed by atoms with Gasteiger partial charge in [-0.2, -0.15) is 0 Å². The molecule has 82 valence electrons. The van der Waals surface area contributed by atoms with Gasteiger partial charge in [-0.25, -0.2) is 0 Å². The van der Waals surface area contributed by atoms with Gasteiger partial charge < -0.3 is 5.73 Å². The molecule has 0 aromatic carbocycles. The molecule has 0 aromatic heterocycles. The molecule has 0 unspecified atom stereocenters. The lowest BCUT2D eigenvalue weighted by atomic mass is 10.00. The molecule has 0 atom stereocenters. The first-order chi connectivity index (χ1) is 6.98. The Balaban J connectivity index is 2.54. The van der Waals surface area contributed by atoms with Crippen molar-refractivity contribution in [2.45, 2.75) is 26.3 Å². The summed E-state index contributed by atoms with van der Waals surface area (Å²) in [5, 5.41) is 1.74. The number of allylic oxidation sites excluding steroid dienone is 4. The Hall–Kier alpha value is -1.71. The van der Waals surface area contributed by atoms with Gasteiger partial charge in [0.25, 0.3) is 5.91 Å². The van der Waals surface area contributed by atoms with E-state index in [2.05, 4.69) is 5.43 Å². The molecule has 1 aliphatic heterocycles. The molecule has 0 bridgehead atoms. The van der Waals surface area contributed by atoms with E-state index in [1.54, 1.807) is 23.4 Å². The van der Waals surface area contributed by atoms with Crippen LogP contribution < -0.4 is 11.2 Å². The Labute approximate surface area is 90.1 Å². The van der Waals surface area contributed by atoms with Crippen molar-refractivity contribution >= 4 is 5.91 Å². The van der Waals surface area contributed by atoms with Crippen molar-refractivity contribution in [2.75, 3.05) is 0 Å². The molecule has 1 rings (SSSR count). The van der Waals surface area contributed by atoms with Crippen molar-refractivity contribution in [2.24, 2.45) is 5.73 Å². The molecule has 0 aromatic rings. The number of carbonyl (C=O) groups is 1. The monoisotopic (exact) mass is 207 g/mol. The van der Waals surface area contributed by atoms with E-state index in [4.69, 9.17) is 5.73 Å². The molecule has 1 heterocycles. The number of rotatable bonds is 3. The fourth-order valence-electron chi connectivity index (χ4n) is 1.15. The number of nitrogens with two attached hydrogens (primary N) is 1. The summed E-state index contributed by atoms with van der Waals surface area (Å²) in [6.45, 7) is 5.62. The first-order valence-electron chi connectivity index (χ1n) is 4.85. The minimum Gasteiger partial charge on any atom is -0.399 e. The number of nitrogens with zero attached hydrogens (tertiary/aromatic N) is 1. The minimum absolute atomic E-state index is 0.0255. The number of hydrogen-bond acceptors (Lipinski definition) is 3. The maximum Gasteiger partial charge on any atom is 0.265 e. The van der Waals surface area contributed by atoms with Crippen LogP contribution in [0.25, 0.3) is 0 Å². The Morgan fingerprint density at radius 1 is 1.53 bits per heavy atom. The summed E-state index contributed by atoms with van der Waals surface area (Å²) in [7, 11) is 0.